The second kappa shape index (κ2) is 10.0. The number of hydrogen-bond acceptors (Lipinski definition) is 4. The molecule has 2 rings (SSSR count). The average molecular weight is 425 g/mol. The SMILES string of the molecule is COC[C@@H](C)NC(=O)CN(Cc1cccc(Cl)c1)S(=O)(=O)c1ccc(C)cc1. The Labute approximate surface area is 171 Å². The number of rotatable bonds is 9. The van der Waals surface area contributed by atoms with Crippen molar-refractivity contribution in [3.05, 3.63) is 64.7 Å². The molecule has 1 N–H and O–H groups in total. The molecule has 28 heavy (non-hydrogen) atoms. The number of amides is 1. The lowest BCUT2D eigenvalue weighted by Crippen LogP contribution is -2.44. The maximum atomic E-state index is 13.2. The highest BCUT2D eigenvalue weighted by Crippen LogP contribution is 2.20. The van der Waals surface area contributed by atoms with Gasteiger partial charge in [-0.15, -0.1) is 0 Å². The van der Waals surface area contributed by atoms with Crippen LogP contribution in [-0.4, -0.2) is 44.9 Å². The van der Waals surface area contributed by atoms with Crippen molar-refractivity contribution in [3.8, 4) is 0 Å². The van der Waals surface area contributed by atoms with Crippen LogP contribution in [-0.2, 0) is 26.1 Å². The molecule has 0 bridgehead atoms. The highest BCUT2D eigenvalue weighted by molar-refractivity contribution is 7.89. The second-order valence-corrected chi connectivity index (χ2v) is 9.01. The summed E-state index contributed by atoms with van der Waals surface area (Å²) in [5.74, 6) is -0.401. The Hall–Kier alpha value is -1.93. The van der Waals surface area contributed by atoms with Crippen LogP contribution in [0, 0.1) is 6.92 Å². The van der Waals surface area contributed by atoms with Crippen LogP contribution in [0.3, 0.4) is 0 Å². The van der Waals surface area contributed by atoms with E-state index >= 15 is 0 Å². The van der Waals surface area contributed by atoms with Crippen LogP contribution in [0.2, 0.25) is 5.02 Å². The van der Waals surface area contributed by atoms with Crippen LogP contribution in [0.1, 0.15) is 18.1 Å². The molecule has 1 amide bonds. The Bertz CT molecular complexity index is 901. The molecule has 0 aliphatic rings. The summed E-state index contributed by atoms with van der Waals surface area (Å²) in [7, 11) is -2.34. The normalized spacial score (nSPS) is 12.8. The molecule has 0 aliphatic carbocycles. The summed E-state index contributed by atoms with van der Waals surface area (Å²) >= 11 is 6.03. The van der Waals surface area contributed by atoms with Crippen LogP contribution in [0.4, 0.5) is 0 Å². The number of halogens is 1. The molecule has 0 saturated carbocycles. The lowest BCUT2D eigenvalue weighted by Gasteiger charge is -2.23. The summed E-state index contributed by atoms with van der Waals surface area (Å²) in [4.78, 5) is 12.6. The minimum Gasteiger partial charge on any atom is -0.383 e. The van der Waals surface area contributed by atoms with E-state index in [1.54, 1.807) is 55.5 Å². The Kier molecular flexibility index (Phi) is 8.00. The van der Waals surface area contributed by atoms with Crippen molar-refractivity contribution in [2.75, 3.05) is 20.3 Å². The molecule has 2 aromatic rings. The Morgan fingerprint density at radius 2 is 1.89 bits per heavy atom. The number of nitrogens with zero attached hydrogens (tertiary/aromatic N) is 1. The first-order valence-electron chi connectivity index (χ1n) is 8.82. The van der Waals surface area contributed by atoms with Gasteiger partial charge in [0.25, 0.3) is 0 Å². The largest absolute Gasteiger partial charge is 0.383 e. The maximum Gasteiger partial charge on any atom is 0.243 e. The lowest BCUT2D eigenvalue weighted by molar-refractivity contribution is -0.122. The van der Waals surface area contributed by atoms with Gasteiger partial charge in [-0.05, 0) is 43.7 Å². The second-order valence-electron chi connectivity index (χ2n) is 6.64. The molecule has 8 heteroatoms. The number of nitrogens with one attached hydrogen (secondary N) is 1. The van der Waals surface area contributed by atoms with Crippen molar-refractivity contribution in [3.63, 3.8) is 0 Å². The molecule has 0 heterocycles. The van der Waals surface area contributed by atoms with E-state index < -0.39 is 15.9 Å². The van der Waals surface area contributed by atoms with Gasteiger partial charge in [0.15, 0.2) is 0 Å². The number of benzene rings is 2. The molecule has 0 aliphatic heterocycles. The Balaban J connectivity index is 2.29. The van der Waals surface area contributed by atoms with Crippen molar-refractivity contribution in [2.24, 2.45) is 0 Å². The van der Waals surface area contributed by atoms with Gasteiger partial charge in [-0.25, -0.2) is 8.42 Å². The number of aryl methyl sites for hydroxylation is 1. The number of methoxy groups -OCH3 is 1. The summed E-state index contributed by atoms with van der Waals surface area (Å²) in [6.45, 7) is 3.73. The molecule has 0 fully saturated rings. The number of sulfonamides is 1. The van der Waals surface area contributed by atoms with Gasteiger partial charge in [-0.2, -0.15) is 4.31 Å². The summed E-state index contributed by atoms with van der Waals surface area (Å²) in [6.07, 6.45) is 0. The van der Waals surface area contributed by atoms with E-state index in [0.29, 0.717) is 17.2 Å². The first-order chi connectivity index (χ1) is 13.2. The first kappa shape index (κ1) is 22.4. The van der Waals surface area contributed by atoms with Crippen LogP contribution >= 0.6 is 11.6 Å². The number of carbonyl (C=O) groups excluding carboxylic acids is 1. The standard InChI is InChI=1S/C20H25ClN2O4S/c1-15-7-9-19(10-8-15)28(25,26)23(12-17-5-4-6-18(21)11-17)13-20(24)22-16(2)14-27-3/h4-11,16H,12-14H2,1-3H3,(H,22,24)/t16-/m1/s1. The van der Waals surface area contributed by atoms with E-state index in [-0.39, 0.29) is 24.0 Å². The monoisotopic (exact) mass is 424 g/mol. The predicted molar refractivity (Wildman–Crippen MR) is 110 cm³/mol. The minimum absolute atomic E-state index is 0.0306. The van der Waals surface area contributed by atoms with Gasteiger partial charge in [0.2, 0.25) is 15.9 Å². The maximum absolute atomic E-state index is 13.2. The molecule has 6 nitrogen and oxygen atoms in total. The van der Waals surface area contributed by atoms with Crippen molar-refractivity contribution >= 4 is 27.5 Å². The summed E-state index contributed by atoms with van der Waals surface area (Å²) in [6, 6.07) is 13.2. The first-order valence-corrected chi connectivity index (χ1v) is 10.6. The summed E-state index contributed by atoms with van der Waals surface area (Å²) in [5.41, 5.74) is 1.65. The fourth-order valence-corrected chi connectivity index (χ4v) is 4.29. The molecule has 0 spiro atoms. The Morgan fingerprint density at radius 1 is 1.21 bits per heavy atom. The molecule has 1 atom stereocenters. The molecule has 0 unspecified atom stereocenters. The summed E-state index contributed by atoms with van der Waals surface area (Å²) < 4.78 is 32.5. The lowest BCUT2D eigenvalue weighted by atomic mass is 10.2. The van der Waals surface area contributed by atoms with Gasteiger partial charge in [0.1, 0.15) is 0 Å². The van der Waals surface area contributed by atoms with E-state index in [2.05, 4.69) is 5.32 Å². The van der Waals surface area contributed by atoms with Crippen LogP contribution in [0.5, 0.6) is 0 Å². The zero-order chi connectivity index (χ0) is 20.7. The zero-order valence-electron chi connectivity index (χ0n) is 16.2. The summed E-state index contributed by atoms with van der Waals surface area (Å²) in [5, 5.41) is 3.25. The molecule has 2 aromatic carbocycles. The third kappa shape index (κ3) is 6.31. The molecular weight excluding hydrogens is 400 g/mol. The highest BCUT2D eigenvalue weighted by atomic mass is 35.5. The fraction of sp³-hybridized carbons (Fsp3) is 0.350. The third-order valence-corrected chi connectivity index (χ3v) is 6.09. The number of carbonyl (C=O) groups is 1. The zero-order valence-corrected chi connectivity index (χ0v) is 17.8. The smallest absolute Gasteiger partial charge is 0.243 e. The molecule has 0 radical (unpaired) electrons. The van der Waals surface area contributed by atoms with Gasteiger partial charge in [-0.3, -0.25) is 4.79 Å². The van der Waals surface area contributed by atoms with Crippen LogP contribution in [0.25, 0.3) is 0 Å². The molecule has 0 saturated heterocycles. The fourth-order valence-electron chi connectivity index (χ4n) is 2.70. The van der Waals surface area contributed by atoms with Crippen molar-refractivity contribution < 1.29 is 17.9 Å². The molecule has 0 aromatic heterocycles. The van der Waals surface area contributed by atoms with Gasteiger partial charge in [0.05, 0.1) is 18.0 Å². The number of ether oxygens (including phenoxy) is 1. The van der Waals surface area contributed by atoms with Gasteiger partial charge in [0, 0.05) is 24.7 Å². The van der Waals surface area contributed by atoms with Crippen LogP contribution < -0.4 is 5.32 Å². The third-order valence-electron chi connectivity index (χ3n) is 4.05. The van der Waals surface area contributed by atoms with Crippen LogP contribution in [0.15, 0.2) is 53.4 Å². The van der Waals surface area contributed by atoms with Gasteiger partial charge < -0.3 is 10.1 Å². The Morgan fingerprint density at radius 3 is 2.50 bits per heavy atom. The highest BCUT2D eigenvalue weighted by Gasteiger charge is 2.27. The van der Waals surface area contributed by atoms with Crippen molar-refractivity contribution in [1.82, 2.24) is 9.62 Å². The molecular formula is C20H25ClN2O4S. The molecule has 152 valence electrons. The van der Waals surface area contributed by atoms with Gasteiger partial charge in [-0.1, -0.05) is 41.4 Å². The quantitative estimate of drug-likeness (QED) is 0.671. The average Bonchev–Trinajstić information content (AvgIpc) is 2.61. The van der Waals surface area contributed by atoms with E-state index in [0.717, 1.165) is 9.87 Å². The predicted octanol–water partition coefficient (Wildman–Crippen LogP) is 2.99. The minimum atomic E-state index is -3.87. The topological polar surface area (TPSA) is 75.7 Å². The van der Waals surface area contributed by atoms with E-state index in [4.69, 9.17) is 16.3 Å². The van der Waals surface area contributed by atoms with Crippen molar-refractivity contribution in [1.29, 1.82) is 0 Å². The van der Waals surface area contributed by atoms with E-state index in [1.165, 1.54) is 7.11 Å². The van der Waals surface area contributed by atoms with E-state index in [1.807, 2.05) is 6.92 Å². The van der Waals surface area contributed by atoms with Crippen molar-refractivity contribution in [2.45, 2.75) is 31.3 Å². The van der Waals surface area contributed by atoms with E-state index in [9.17, 15) is 13.2 Å². The number of hydrogen-bond donors (Lipinski definition) is 1. The van der Waals surface area contributed by atoms with Gasteiger partial charge >= 0.3 is 0 Å².